The molecule has 0 bridgehead atoms. The first kappa shape index (κ1) is 15.9. The molecule has 0 unspecified atom stereocenters. The third-order valence-corrected chi connectivity index (χ3v) is 5.23. The SMILES string of the molecule is N#CC1(NS(=O)(=O)c2cc(F)ccc2F)CCCCCC1. The van der Waals surface area contributed by atoms with Crippen LogP contribution in [0.5, 0.6) is 0 Å². The fourth-order valence-corrected chi connectivity index (χ4v) is 4.03. The highest BCUT2D eigenvalue weighted by atomic mass is 32.2. The van der Waals surface area contributed by atoms with E-state index in [2.05, 4.69) is 4.72 Å². The first-order chi connectivity index (χ1) is 9.88. The molecule has 0 spiro atoms. The number of halogens is 2. The molecule has 2 rings (SSSR count). The second-order valence-electron chi connectivity index (χ2n) is 5.29. The van der Waals surface area contributed by atoms with Crippen molar-refractivity contribution in [1.82, 2.24) is 4.72 Å². The Bertz CT molecular complexity index is 660. The molecule has 21 heavy (non-hydrogen) atoms. The lowest BCUT2D eigenvalue weighted by atomic mass is 9.94. The fraction of sp³-hybridized carbons (Fsp3) is 0.500. The zero-order valence-corrected chi connectivity index (χ0v) is 12.2. The summed E-state index contributed by atoms with van der Waals surface area (Å²) in [6.07, 6.45) is 4.06. The molecule has 0 aliphatic heterocycles. The van der Waals surface area contributed by atoms with E-state index in [1.165, 1.54) is 0 Å². The van der Waals surface area contributed by atoms with Crippen molar-refractivity contribution in [1.29, 1.82) is 5.26 Å². The van der Waals surface area contributed by atoms with Gasteiger partial charge in [-0.1, -0.05) is 25.7 Å². The van der Waals surface area contributed by atoms with Crippen LogP contribution in [0.1, 0.15) is 38.5 Å². The number of nitriles is 1. The van der Waals surface area contributed by atoms with E-state index in [1.54, 1.807) is 0 Å². The summed E-state index contributed by atoms with van der Waals surface area (Å²) >= 11 is 0. The van der Waals surface area contributed by atoms with Gasteiger partial charge in [0, 0.05) is 0 Å². The van der Waals surface area contributed by atoms with E-state index < -0.39 is 32.1 Å². The molecule has 0 saturated heterocycles. The predicted molar refractivity (Wildman–Crippen MR) is 72.7 cm³/mol. The van der Waals surface area contributed by atoms with E-state index in [4.69, 9.17) is 0 Å². The highest BCUT2D eigenvalue weighted by molar-refractivity contribution is 7.89. The highest BCUT2D eigenvalue weighted by Crippen LogP contribution is 2.29. The van der Waals surface area contributed by atoms with Gasteiger partial charge in [0.2, 0.25) is 10.0 Å². The van der Waals surface area contributed by atoms with Gasteiger partial charge in [-0.15, -0.1) is 0 Å². The van der Waals surface area contributed by atoms with Crippen LogP contribution < -0.4 is 4.72 Å². The van der Waals surface area contributed by atoms with Gasteiger partial charge >= 0.3 is 0 Å². The molecule has 0 amide bonds. The Kier molecular flexibility index (Phi) is 4.59. The molecule has 0 atom stereocenters. The summed E-state index contributed by atoms with van der Waals surface area (Å²) in [4.78, 5) is -0.763. The standard InChI is InChI=1S/C14H16F2N2O2S/c15-11-5-6-12(16)13(9-11)21(19,20)18-14(10-17)7-3-1-2-4-8-14/h5-6,9,18H,1-4,7-8H2. The normalized spacial score (nSPS) is 18.7. The van der Waals surface area contributed by atoms with Crippen LogP contribution in [0.15, 0.2) is 23.1 Å². The maximum Gasteiger partial charge on any atom is 0.244 e. The van der Waals surface area contributed by atoms with E-state index in [0.717, 1.165) is 37.8 Å². The Balaban J connectivity index is 2.35. The van der Waals surface area contributed by atoms with Crippen molar-refractivity contribution in [2.75, 3.05) is 0 Å². The molecule has 114 valence electrons. The van der Waals surface area contributed by atoms with Crippen LogP contribution in [0.25, 0.3) is 0 Å². The van der Waals surface area contributed by atoms with Crippen molar-refractivity contribution in [3.8, 4) is 6.07 Å². The Morgan fingerprint density at radius 2 is 1.76 bits per heavy atom. The molecular weight excluding hydrogens is 298 g/mol. The molecule has 0 heterocycles. The van der Waals surface area contributed by atoms with Gasteiger partial charge in [0.25, 0.3) is 0 Å². The molecule has 0 radical (unpaired) electrons. The minimum atomic E-state index is -4.29. The number of hydrogen-bond donors (Lipinski definition) is 1. The van der Waals surface area contributed by atoms with Crippen LogP contribution >= 0.6 is 0 Å². The molecule has 0 aromatic heterocycles. The van der Waals surface area contributed by atoms with E-state index in [1.807, 2.05) is 6.07 Å². The quantitative estimate of drug-likeness (QED) is 0.872. The van der Waals surface area contributed by atoms with Gasteiger partial charge in [-0.05, 0) is 31.0 Å². The van der Waals surface area contributed by atoms with Crippen molar-refractivity contribution < 1.29 is 17.2 Å². The molecule has 1 fully saturated rings. The molecule has 1 aliphatic rings. The van der Waals surface area contributed by atoms with Crippen LogP contribution in [0, 0.1) is 23.0 Å². The zero-order valence-electron chi connectivity index (χ0n) is 11.4. The van der Waals surface area contributed by atoms with Gasteiger partial charge in [-0.25, -0.2) is 17.2 Å². The molecule has 1 saturated carbocycles. The molecule has 7 heteroatoms. The van der Waals surface area contributed by atoms with Crippen molar-refractivity contribution >= 4 is 10.0 Å². The van der Waals surface area contributed by atoms with Crippen LogP contribution in [0.4, 0.5) is 8.78 Å². The molecule has 1 aliphatic carbocycles. The largest absolute Gasteiger partial charge is 0.244 e. The summed E-state index contributed by atoms with van der Waals surface area (Å²) in [5.74, 6) is -1.88. The number of nitrogens with one attached hydrogen (secondary N) is 1. The third-order valence-electron chi connectivity index (χ3n) is 3.68. The number of benzene rings is 1. The average Bonchev–Trinajstić information content (AvgIpc) is 2.67. The number of nitrogens with zero attached hydrogens (tertiary/aromatic N) is 1. The fourth-order valence-electron chi connectivity index (χ4n) is 2.56. The van der Waals surface area contributed by atoms with E-state index in [9.17, 15) is 22.5 Å². The van der Waals surface area contributed by atoms with Gasteiger partial charge in [0.15, 0.2) is 0 Å². The Labute approximate surface area is 122 Å². The zero-order chi connectivity index (χ0) is 15.5. The lowest BCUT2D eigenvalue weighted by molar-refractivity contribution is 0.420. The molecule has 4 nitrogen and oxygen atoms in total. The monoisotopic (exact) mass is 314 g/mol. The van der Waals surface area contributed by atoms with Crippen LogP contribution in [0.3, 0.4) is 0 Å². The van der Waals surface area contributed by atoms with Crippen LogP contribution in [0.2, 0.25) is 0 Å². The predicted octanol–water partition coefficient (Wildman–Crippen LogP) is 2.86. The number of sulfonamides is 1. The summed E-state index contributed by atoms with van der Waals surface area (Å²) in [6, 6.07) is 4.24. The lowest BCUT2D eigenvalue weighted by Gasteiger charge is -2.26. The topological polar surface area (TPSA) is 70.0 Å². The Morgan fingerprint density at radius 3 is 2.33 bits per heavy atom. The van der Waals surface area contributed by atoms with Gasteiger partial charge < -0.3 is 0 Å². The molecule has 1 aromatic carbocycles. The van der Waals surface area contributed by atoms with E-state index in [-0.39, 0.29) is 0 Å². The van der Waals surface area contributed by atoms with Gasteiger partial charge in [0.1, 0.15) is 22.1 Å². The molecular formula is C14H16F2N2O2S. The van der Waals surface area contributed by atoms with Gasteiger partial charge in [0.05, 0.1) is 6.07 Å². The van der Waals surface area contributed by atoms with Crippen molar-refractivity contribution in [2.24, 2.45) is 0 Å². The van der Waals surface area contributed by atoms with Crippen LogP contribution in [-0.2, 0) is 10.0 Å². The maximum atomic E-state index is 13.7. The molecule has 1 N–H and O–H groups in total. The minimum Gasteiger partial charge on any atom is -0.207 e. The Hall–Kier alpha value is -1.52. The summed E-state index contributed by atoms with van der Waals surface area (Å²) in [5.41, 5.74) is -1.24. The Morgan fingerprint density at radius 1 is 1.14 bits per heavy atom. The van der Waals surface area contributed by atoms with Crippen molar-refractivity contribution in [3.05, 3.63) is 29.8 Å². The second kappa shape index (κ2) is 6.08. The first-order valence-corrected chi connectivity index (χ1v) is 8.27. The first-order valence-electron chi connectivity index (χ1n) is 6.79. The highest BCUT2D eigenvalue weighted by Gasteiger charge is 2.36. The number of hydrogen-bond acceptors (Lipinski definition) is 3. The smallest absolute Gasteiger partial charge is 0.207 e. The second-order valence-corrected chi connectivity index (χ2v) is 6.94. The maximum absolute atomic E-state index is 13.7. The number of rotatable bonds is 3. The lowest BCUT2D eigenvalue weighted by Crippen LogP contribution is -2.47. The average molecular weight is 314 g/mol. The summed E-state index contributed by atoms with van der Waals surface area (Å²) in [6.45, 7) is 0. The van der Waals surface area contributed by atoms with Crippen LogP contribution in [-0.4, -0.2) is 14.0 Å². The van der Waals surface area contributed by atoms with Crippen molar-refractivity contribution in [3.63, 3.8) is 0 Å². The third kappa shape index (κ3) is 3.57. The van der Waals surface area contributed by atoms with E-state index in [0.29, 0.717) is 18.9 Å². The van der Waals surface area contributed by atoms with Gasteiger partial charge in [-0.2, -0.15) is 9.98 Å². The molecule has 1 aromatic rings. The summed E-state index contributed by atoms with van der Waals surface area (Å²) in [7, 11) is -4.29. The van der Waals surface area contributed by atoms with Gasteiger partial charge in [-0.3, -0.25) is 0 Å². The minimum absolute atomic E-state index is 0.375. The summed E-state index contributed by atoms with van der Waals surface area (Å²) in [5, 5.41) is 9.36. The van der Waals surface area contributed by atoms with E-state index >= 15 is 0 Å². The summed E-state index contributed by atoms with van der Waals surface area (Å²) < 4.78 is 53.7. The van der Waals surface area contributed by atoms with Crippen molar-refractivity contribution in [2.45, 2.75) is 49.0 Å².